The lowest BCUT2D eigenvalue weighted by molar-refractivity contribution is -0.138. The predicted octanol–water partition coefficient (Wildman–Crippen LogP) is 2.12. The molecule has 17 heavy (non-hydrogen) atoms. The topological polar surface area (TPSA) is 72.6 Å². The number of carboxylic acids is 1. The fraction of sp³-hybridized carbons (Fsp3) is 0.417. The van der Waals surface area contributed by atoms with Crippen LogP contribution >= 0.6 is 15.9 Å². The quantitative estimate of drug-likeness (QED) is 0.873. The van der Waals surface area contributed by atoms with Crippen molar-refractivity contribution in [2.45, 2.75) is 24.9 Å². The van der Waals surface area contributed by atoms with E-state index in [1.165, 1.54) is 0 Å². The zero-order valence-corrected chi connectivity index (χ0v) is 10.8. The Morgan fingerprint density at radius 3 is 2.76 bits per heavy atom. The summed E-state index contributed by atoms with van der Waals surface area (Å²) in [4.78, 5) is 11.0. The highest BCUT2D eigenvalue weighted by atomic mass is 79.9. The van der Waals surface area contributed by atoms with Crippen molar-refractivity contribution < 1.29 is 14.6 Å². The smallest absolute Gasteiger partial charge is 0.312 e. The van der Waals surface area contributed by atoms with E-state index in [1.807, 2.05) is 0 Å². The second kappa shape index (κ2) is 5.06. The van der Waals surface area contributed by atoms with E-state index in [-0.39, 0.29) is 6.54 Å². The average molecular weight is 300 g/mol. The maximum absolute atomic E-state index is 11.0. The van der Waals surface area contributed by atoms with E-state index in [4.69, 9.17) is 15.6 Å². The molecule has 0 heterocycles. The van der Waals surface area contributed by atoms with Gasteiger partial charge in [0.15, 0.2) is 0 Å². The van der Waals surface area contributed by atoms with Crippen LogP contribution < -0.4 is 10.5 Å². The van der Waals surface area contributed by atoms with E-state index in [1.54, 1.807) is 18.2 Å². The van der Waals surface area contributed by atoms with Gasteiger partial charge in [-0.25, -0.2) is 0 Å². The van der Waals surface area contributed by atoms with Gasteiger partial charge < -0.3 is 15.6 Å². The Morgan fingerprint density at radius 1 is 1.59 bits per heavy atom. The molecule has 0 aliphatic heterocycles. The molecule has 0 aromatic heterocycles. The molecular weight excluding hydrogens is 286 g/mol. The first-order chi connectivity index (χ1) is 8.11. The van der Waals surface area contributed by atoms with Crippen molar-refractivity contribution in [2.75, 3.05) is 6.54 Å². The predicted molar refractivity (Wildman–Crippen MR) is 67.2 cm³/mol. The molecule has 1 aliphatic carbocycles. The van der Waals surface area contributed by atoms with Gasteiger partial charge in [0.1, 0.15) is 5.75 Å². The van der Waals surface area contributed by atoms with E-state index in [0.29, 0.717) is 11.7 Å². The van der Waals surface area contributed by atoms with E-state index in [0.717, 1.165) is 23.1 Å². The maximum atomic E-state index is 11.0. The van der Waals surface area contributed by atoms with Crippen LogP contribution in [0.5, 0.6) is 5.75 Å². The Balaban J connectivity index is 2.19. The first-order valence-corrected chi connectivity index (χ1v) is 6.30. The summed E-state index contributed by atoms with van der Waals surface area (Å²) >= 11 is 3.39. The van der Waals surface area contributed by atoms with Crippen molar-refractivity contribution in [3.05, 3.63) is 28.2 Å². The van der Waals surface area contributed by atoms with Crippen LogP contribution in [-0.2, 0) is 4.79 Å². The zero-order chi connectivity index (χ0) is 12.4. The number of aliphatic carboxylic acids is 1. The van der Waals surface area contributed by atoms with E-state index in [2.05, 4.69) is 15.9 Å². The highest BCUT2D eigenvalue weighted by Crippen LogP contribution is 2.33. The Labute approximate surface area is 108 Å². The van der Waals surface area contributed by atoms with Crippen molar-refractivity contribution in [3.63, 3.8) is 0 Å². The molecule has 1 atom stereocenters. The highest BCUT2D eigenvalue weighted by molar-refractivity contribution is 9.10. The zero-order valence-electron chi connectivity index (χ0n) is 9.23. The largest absolute Gasteiger partial charge is 0.489 e. The molecule has 1 saturated carbocycles. The summed E-state index contributed by atoms with van der Waals surface area (Å²) < 4.78 is 6.44. The molecule has 4 nitrogen and oxygen atoms in total. The fourth-order valence-corrected chi connectivity index (χ4v) is 2.06. The molecule has 2 rings (SSSR count). The molecule has 3 N–H and O–H groups in total. The van der Waals surface area contributed by atoms with Gasteiger partial charge in [0.2, 0.25) is 0 Å². The van der Waals surface area contributed by atoms with Crippen LogP contribution in [0.2, 0.25) is 0 Å². The van der Waals surface area contributed by atoms with Gasteiger partial charge >= 0.3 is 5.97 Å². The van der Waals surface area contributed by atoms with Gasteiger partial charge in [-0.3, -0.25) is 4.79 Å². The van der Waals surface area contributed by atoms with Crippen molar-refractivity contribution in [1.82, 2.24) is 0 Å². The number of rotatable bonds is 5. The van der Waals surface area contributed by atoms with Crippen LogP contribution in [0.25, 0.3) is 0 Å². The Hall–Kier alpha value is -1.07. The number of carboxylic acid groups (broad SMARTS) is 1. The van der Waals surface area contributed by atoms with Gasteiger partial charge in [0.25, 0.3) is 0 Å². The fourth-order valence-electron chi connectivity index (χ4n) is 1.57. The molecule has 0 saturated heterocycles. The minimum Gasteiger partial charge on any atom is -0.489 e. The number of carbonyl (C=O) groups is 1. The van der Waals surface area contributed by atoms with Gasteiger partial charge in [0, 0.05) is 6.54 Å². The molecule has 0 radical (unpaired) electrons. The summed E-state index contributed by atoms with van der Waals surface area (Å²) in [5, 5.41) is 9.02. The van der Waals surface area contributed by atoms with Crippen LogP contribution in [0.3, 0.4) is 0 Å². The van der Waals surface area contributed by atoms with E-state index >= 15 is 0 Å². The lowest BCUT2D eigenvalue weighted by Crippen LogP contribution is -2.21. The molecule has 0 amide bonds. The number of nitrogens with two attached hydrogens (primary N) is 1. The molecule has 1 aromatic rings. The number of hydrogen-bond donors (Lipinski definition) is 2. The molecule has 1 aliphatic rings. The number of benzene rings is 1. The van der Waals surface area contributed by atoms with Crippen molar-refractivity contribution in [3.8, 4) is 5.75 Å². The molecule has 1 aromatic carbocycles. The summed E-state index contributed by atoms with van der Waals surface area (Å²) in [5.74, 6) is -0.811. The van der Waals surface area contributed by atoms with Crippen molar-refractivity contribution in [2.24, 2.45) is 5.73 Å². The monoisotopic (exact) mass is 299 g/mol. The summed E-state index contributed by atoms with van der Waals surface area (Å²) in [6, 6.07) is 5.32. The lowest BCUT2D eigenvalue weighted by Gasteiger charge is -2.13. The third-order valence-electron chi connectivity index (χ3n) is 2.71. The first-order valence-electron chi connectivity index (χ1n) is 5.50. The first kappa shape index (κ1) is 12.4. The van der Waals surface area contributed by atoms with E-state index in [9.17, 15) is 4.79 Å². The SMILES string of the molecule is NCC(C(=O)O)c1ccc(OC2CC2)c(Br)c1. The summed E-state index contributed by atoms with van der Waals surface area (Å²) in [7, 11) is 0. The third kappa shape index (κ3) is 2.98. The second-order valence-electron chi connectivity index (χ2n) is 4.13. The minimum atomic E-state index is -0.907. The maximum Gasteiger partial charge on any atom is 0.312 e. The van der Waals surface area contributed by atoms with Crippen molar-refractivity contribution in [1.29, 1.82) is 0 Å². The molecular formula is C12H14BrNO3. The van der Waals surface area contributed by atoms with Crippen molar-refractivity contribution >= 4 is 21.9 Å². The Kier molecular flexibility index (Phi) is 3.69. The Morgan fingerprint density at radius 2 is 2.29 bits per heavy atom. The summed E-state index contributed by atoms with van der Waals surface area (Å²) in [5.41, 5.74) is 6.15. The molecule has 1 fully saturated rings. The number of hydrogen-bond acceptors (Lipinski definition) is 3. The molecule has 0 spiro atoms. The average Bonchev–Trinajstić information content (AvgIpc) is 3.06. The van der Waals surface area contributed by atoms with Gasteiger partial charge in [-0.15, -0.1) is 0 Å². The lowest BCUT2D eigenvalue weighted by atomic mass is 9.99. The van der Waals surface area contributed by atoms with Gasteiger partial charge in [-0.05, 0) is 46.5 Å². The summed E-state index contributed by atoms with van der Waals surface area (Å²) in [6.07, 6.45) is 2.51. The molecule has 1 unspecified atom stereocenters. The van der Waals surface area contributed by atoms with Gasteiger partial charge in [0.05, 0.1) is 16.5 Å². The normalized spacial score (nSPS) is 16.6. The van der Waals surface area contributed by atoms with Crippen LogP contribution in [0.15, 0.2) is 22.7 Å². The number of ether oxygens (including phenoxy) is 1. The van der Waals surface area contributed by atoms with Crippen LogP contribution in [0.4, 0.5) is 0 Å². The summed E-state index contributed by atoms with van der Waals surface area (Å²) in [6.45, 7) is 0.0879. The van der Waals surface area contributed by atoms with Crippen LogP contribution in [-0.4, -0.2) is 23.7 Å². The molecule has 5 heteroatoms. The number of halogens is 1. The van der Waals surface area contributed by atoms with Gasteiger partial charge in [-0.2, -0.15) is 0 Å². The highest BCUT2D eigenvalue weighted by Gasteiger charge is 2.25. The van der Waals surface area contributed by atoms with Crippen LogP contribution in [0.1, 0.15) is 24.3 Å². The Bertz CT molecular complexity index is 432. The van der Waals surface area contributed by atoms with E-state index < -0.39 is 11.9 Å². The van der Waals surface area contributed by atoms with Crippen LogP contribution in [0, 0.1) is 0 Å². The molecule has 0 bridgehead atoms. The minimum absolute atomic E-state index is 0.0879. The third-order valence-corrected chi connectivity index (χ3v) is 3.33. The van der Waals surface area contributed by atoms with Gasteiger partial charge in [-0.1, -0.05) is 6.07 Å². The standard InChI is InChI=1S/C12H14BrNO3/c13-10-5-7(9(6-14)12(15)16)1-4-11(10)17-8-2-3-8/h1,4-5,8-9H,2-3,6,14H2,(H,15,16). The molecule has 92 valence electrons. The second-order valence-corrected chi connectivity index (χ2v) is 4.99.